The molecule has 3 N–H and O–H groups in total. The van der Waals surface area contributed by atoms with E-state index in [-0.39, 0.29) is 22.1 Å². The van der Waals surface area contributed by atoms with Gasteiger partial charge in [0.05, 0.1) is 6.54 Å². The topological polar surface area (TPSA) is 104 Å². The lowest BCUT2D eigenvalue weighted by Gasteiger charge is -2.09. The van der Waals surface area contributed by atoms with Crippen molar-refractivity contribution in [2.24, 2.45) is 0 Å². The van der Waals surface area contributed by atoms with Crippen LogP contribution in [-0.4, -0.2) is 25.4 Å². The highest BCUT2D eigenvalue weighted by atomic mass is 32.2. The molecule has 0 atom stereocenters. The lowest BCUT2D eigenvalue weighted by molar-refractivity contribution is 0.580. The number of hydrogen-bond acceptors (Lipinski definition) is 6. The fraction of sp³-hybridized carbons (Fsp3) is 0.200. The van der Waals surface area contributed by atoms with Crippen molar-refractivity contribution in [2.45, 2.75) is 11.4 Å². The molecule has 0 bridgehead atoms. The number of sulfonamides is 1. The van der Waals surface area contributed by atoms with Crippen molar-refractivity contribution in [1.82, 2.24) is 14.7 Å². The highest BCUT2D eigenvalue weighted by Gasteiger charge is 2.18. The molecule has 2 heterocycles. The van der Waals surface area contributed by atoms with E-state index in [1.54, 1.807) is 18.5 Å². The van der Waals surface area contributed by atoms with E-state index in [0.717, 1.165) is 11.3 Å². The first-order valence-corrected chi connectivity index (χ1v) is 7.68. The summed E-state index contributed by atoms with van der Waals surface area (Å²) in [7, 11) is -2.09. The molecular weight excluding hydrogens is 288 g/mol. The molecule has 19 heavy (non-hydrogen) atoms. The van der Waals surface area contributed by atoms with Crippen molar-refractivity contribution in [3.8, 4) is 0 Å². The molecule has 0 spiro atoms. The van der Waals surface area contributed by atoms with Crippen LogP contribution in [0.1, 0.15) is 5.69 Å². The summed E-state index contributed by atoms with van der Waals surface area (Å²) < 4.78 is 26.6. The Morgan fingerprint density at radius 1 is 1.47 bits per heavy atom. The second-order valence-electron chi connectivity index (χ2n) is 3.60. The van der Waals surface area contributed by atoms with E-state index in [1.165, 1.54) is 12.3 Å². The third kappa shape index (κ3) is 3.19. The Hall–Kier alpha value is -1.71. The summed E-state index contributed by atoms with van der Waals surface area (Å²) >= 11 is 0.988. The van der Waals surface area contributed by atoms with Crippen LogP contribution in [0.4, 0.5) is 5.82 Å². The van der Waals surface area contributed by atoms with Gasteiger partial charge < -0.3 is 10.3 Å². The number of rotatable bonds is 5. The maximum Gasteiger partial charge on any atom is 0.304 e. The fourth-order valence-electron chi connectivity index (χ4n) is 1.45. The summed E-state index contributed by atoms with van der Waals surface area (Å²) in [5.74, 6) is 0.272. The molecule has 0 fully saturated rings. The molecule has 0 amide bonds. The summed E-state index contributed by atoms with van der Waals surface area (Å²) in [6.45, 7) is 0.0269. The van der Waals surface area contributed by atoms with E-state index < -0.39 is 10.0 Å². The summed E-state index contributed by atoms with van der Waals surface area (Å²) in [4.78, 5) is 17.3. The largest absolute Gasteiger partial charge is 0.372 e. The number of pyridine rings is 1. The summed E-state index contributed by atoms with van der Waals surface area (Å²) in [6.07, 6.45) is 1.50. The van der Waals surface area contributed by atoms with Gasteiger partial charge in [-0.15, -0.1) is 0 Å². The molecule has 0 aromatic carbocycles. The molecule has 0 saturated heterocycles. The number of H-pyrrole nitrogens is 1. The van der Waals surface area contributed by atoms with Crippen molar-refractivity contribution in [2.75, 3.05) is 12.4 Å². The number of nitrogens with one attached hydrogen (secondary N) is 3. The molecular formula is C10H12N4O3S2. The Kier molecular flexibility index (Phi) is 3.98. The van der Waals surface area contributed by atoms with E-state index in [0.29, 0.717) is 5.69 Å². The van der Waals surface area contributed by atoms with Gasteiger partial charge in [0.25, 0.3) is 0 Å². The van der Waals surface area contributed by atoms with Crippen LogP contribution in [0.25, 0.3) is 0 Å². The fourth-order valence-corrected chi connectivity index (χ4v) is 3.20. The highest BCUT2D eigenvalue weighted by Crippen LogP contribution is 2.17. The van der Waals surface area contributed by atoms with Crippen molar-refractivity contribution < 1.29 is 8.42 Å². The molecule has 0 aliphatic carbocycles. The first-order chi connectivity index (χ1) is 9.03. The zero-order chi connectivity index (χ0) is 13.9. The van der Waals surface area contributed by atoms with E-state index in [4.69, 9.17) is 0 Å². The molecule has 0 saturated carbocycles. The van der Waals surface area contributed by atoms with Gasteiger partial charge in [0, 0.05) is 24.3 Å². The van der Waals surface area contributed by atoms with Crippen molar-refractivity contribution in [3.63, 3.8) is 0 Å². The first kappa shape index (κ1) is 13.7. The van der Waals surface area contributed by atoms with Gasteiger partial charge in [-0.2, -0.15) is 0 Å². The van der Waals surface area contributed by atoms with Crippen molar-refractivity contribution in [3.05, 3.63) is 39.1 Å². The molecule has 7 nitrogen and oxygen atoms in total. The minimum Gasteiger partial charge on any atom is -0.372 e. The molecule has 0 unspecified atom stereocenters. The van der Waals surface area contributed by atoms with Crippen LogP contribution in [0, 0.1) is 0 Å². The van der Waals surface area contributed by atoms with Crippen LogP contribution >= 0.6 is 11.3 Å². The van der Waals surface area contributed by atoms with Gasteiger partial charge in [-0.1, -0.05) is 11.3 Å². The zero-order valence-electron chi connectivity index (χ0n) is 10.0. The lowest BCUT2D eigenvalue weighted by Crippen LogP contribution is -2.24. The lowest BCUT2D eigenvalue weighted by atomic mass is 10.5. The second-order valence-corrected chi connectivity index (χ2v) is 6.18. The van der Waals surface area contributed by atoms with E-state index in [1.807, 2.05) is 0 Å². The van der Waals surface area contributed by atoms with Crippen LogP contribution in [0.3, 0.4) is 0 Å². The van der Waals surface area contributed by atoms with Gasteiger partial charge in [0.15, 0.2) is 0 Å². The van der Waals surface area contributed by atoms with Gasteiger partial charge in [-0.3, -0.25) is 4.79 Å². The Labute approximate surface area is 113 Å². The van der Waals surface area contributed by atoms with Gasteiger partial charge in [-0.05, 0) is 12.1 Å². The molecule has 0 aliphatic heterocycles. The second kappa shape index (κ2) is 5.51. The quantitative estimate of drug-likeness (QED) is 0.739. The normalized spacial score (nSPS) is 11.4. The Bertz CT molecular complexity index is 720. The van der Waals surface area contributed by atoms with Crippen LogP contribution in [0.2, 0.25) is 0 Å². The summed E-state index contributed by atoms with van der Waals surface area (Å²) in [6, 6.07) is 3.00. The third-order valence-electron chi connectivity index (χ3n) is 2.32. The monoisotopic (exact) mass is 300 g/mol. The molecule has 0 aliphatic rings. The molecule has 2 aromatic rings. The maximum atomic E-state index is 12.1. The van der Waals surface area contributed by atoms with Crippen LogP contribution in [0.15, 0.2) is 33.4 Å². The van der Waals surface area contributed by atoms with Gasteiger partial charge >= 0.3 is 4.87 Å². The standard InChI is InChI=1S/C10H12N4O3S2/c1-11-9-8(3-2-4-12-9)19(16,17)13-5-7-6-18-10(15)14-7/h2-4,6,13H,5H2,1H3,(H,11,12)(H,14,15). The van der Waals surface area contributed by atoms with Gasteiger partial charge in [0.2, 0.25) is 10.0 Å². The number of aromatic amines is 1. The van der Waals surface area contributed by atoms with Gasteiger partial charge in [-0.25, -0.2) is 18.1 Å². The third-order valence-corrected chi connectivity index (χ3v) is 4.47. The van der Waals surface area contributed by atoms with E-state index in [2.05, 4.69) is 20.0 Å². The van der Waals surface area contributed by atoms with Crippen molar-refractivity contribution in [1.29, 1.82) is 0 Å². The minimum atomic E-state index is -3.68. The number of thiazole rings is 1. The number of hydrogen-bond donors (Lipinski definition) is 3. The predicted molar refractivity (Wildman–Crippen MR) is 72.7 cm³/mol. The first-order valence-electron chi connectivity index (χ1n) is 5.32. The molecule has 102 valence electrons. The maximum absolute atomic E-state index is 12.1. The average Bonchev–Trinajstić information content (AvgIpc) is 2.82. The Balaban J connectivity index is 2.20. The van der Waals surface area contributed by atoms with Crippen LogP contribution < -0.4 is 14.9 Å². The predicted octanol–water partition coefficient (Wildman–Crippen LogP) is 0.352. The number of aromatic nitrogens is 2. The summed E-state index contributed by atoms with van der Waals surface area (Å²) in [5.41, 5.74) is 0.522. The average molecular weight is 300 g/mol. The number of anilines is 1. The van der Waals surface area contributed by atoms with Crippen LogP contribution in [0.5, 0.6) is 0 Å². The molecule has 2 aromatic heterocycles. The van der Waals surface area contributed by atoms with E-state index in [9.17, 15) is 13.2 Å². The van der Waals surface area contributed by atoms with E-state index >= 15 is 0 Å². The smallest absolute Gasteiger partial charge is 0.304 e. The Morgan fingerprint density at radius 2 is 2.26 bits per heavy atom. The highest BCUT2D eigenvalue weighted by molar-refractivity contribution is 7.89. The molecule has 0 radical (unpaired) electrons. The minimum absolute atomic E-state index is 0.0269. The number of nitrogens with zero attached hydrogens (tertiary/aromatic N) is 1. The SMILES string of the molecule is CNc1ncccc1S(=O)(=O)NCc1csc(=O)[nH]1. The zero-order valence-corrected chi connectivity index (χ0v) is 11.6. The van der Waals surface area contributed by atoms with Crippen LogP contribution in [-0.2, 0) is 16.6 Å². The Morgan fingerprint density at radius 3 is 2.89 bits per heavy atom. The van der Waals surface area contributed by atoms with Gasteiger partial charge in [0.1, 0.15) is 10.7 Å². The molecule has 9 heteroatoms. The van der Waals surface area contributed by atoms with Crippen molar-refractivity contribution >= 4 is 27.2 Å². The molecule has 2 rings (SSSR count). The summed E-state index contributed by atoms with van der Waals surface area (Å²) in [5, 5.41) is 4.29.